The molecule has 0 saturated heterocycles. The van der Waals surface area contributed by atoms with Crippen molar-refractivity contribution in [3.63, 3.8) is 0 Å². The van der Waals surface area contributed by atoms with E-state index in [1.165, 1.54) is 11.8 Å². The lowest BCUT2D eigenvalue weighted by atomic mass is 10.2. The number of nitrogens with zero attached hydrogens (tertiary/aromatic N) is 1. The Morgan fingerprint density at radius 2 is 2.00 bits per heavy atom. The van der Waals surface area contributed by atoms with E-state index in [4.69, 9.17) is 16.3 Å². The number of aromatic nitrogens is 1. The standard InChI is InChI=1S/C20H18ClNO2S2/c1-13-5-3-4-6-18(13)26-12-19(23)24-11-15-9-14-7-8-16(25-2)10-17(14)22-20(15)21/h3-10H,11-12H2,1-2H3. The van der Waals surface area contributed by atoms with Crippen molar-refractivity contribution in [3.05, 3.63) is 64.8 Å². The monoisotopic (exact) mass is 403 g/mol. The molecule has 0 N–H and O–H groups in total. The van der Waals surface area contributed by atoms with E-state index in [1.807, 2.05) is 61.7 Å². The predicted molar refractivity (Wildman–Crippen MR) is 110 cm³/mol. The molecule has 0 fully saturated rings. The number of esters is 1. The summed E-state index contributed by atoms with van der Waals surface area (Å²) < 4.78 is 5.38. The topological polar surface area (TPSA) is 39.2 Å². The van der Waals surface area contributed by atoms with Crippen molar-refractivity contribution in [1.82, 2.24) is 4.98 Å². The Balaban J connectivity index is 1.62. The summed E-state index contributed by atoms with van der Waals surface area (Å²) in [7, 11) is 0. The summed E-state index contributed by atoms with van der Waals surface area (Å²) in [6.07, 6.45) is 2.02. The molecule has 3 rings (SSSR count). The number of fused-ring (bicyclic) bond motifs is 1. The van der Waals surface area contributed by atoms with Gasteiger partial charge in [-0.15, -0.1) is 23.5 Å². The number of carbonyl (C=O) groups excluding carboxylic acids is 1. The summed E-state index contributed by atoms with van der Waals surface area (Å²) in [5.74, 6) is -0.00671. The van der Waals surface area contributed by atoms with Gasteiger partial charge in [0.2, 0.25) is 0 Å². The summed E-state index contributed by atoms with van der Waals surface area (Å²) >= 11 is 9.39. The predicted octanol–water partition coefficient (Wildman–Crippen LogP) is 5.75. The maximum atomic E-state index is 12.1. The van der Waals surface area contributed by atoms with Gasteiger partial charge in [-0.3, -0.25) is 4.79 Å². The third kappa shape index (κ3) is 4.72. The number of ether oxygens (including phenoxy) is 1. The van der Waals surface area contributed by atoms with Crippen LogP contribution in [0.25, 0.3) is 10.9 Å². The van der Waals surface area contributed by atoms with E-state index in [1.54, 1.807) is 11.8 Å². The van der Waals surface area contributed by atoms with E-state index in [9.17, 15) is 4.79 Å². The summed E-state index contributed by atoms with van der Waals surface area (Å²) in [5.41, 5.74) is 2.70. The number of thioether (sulfide) groups is 2. The molecule has 1 heterocycles. The summed E-state index contributed by atoms with van der Waals surface area (Å²) in [5, 5.41) is 1.35. The molecule has 0 atom stereocenters. The van der Waals surface area contributed by atoms with Crippen molar-refractivity contribution < 1.29 is 9.53 Å². The number of hydrogen-bond acceptors (Lipinski definition) is 5. The molecule has 0 radical (unpaired) electrons. The highest BCUT2D eigenvalue weighted by atomic mass is 35.5. The molecule has 0 bridgehead atoms. The number of pyridine rings is 1. The minimum absolute atomic E-state index is 0.124. The number of aryl methyl sites for hydroxylation is 1. The molecular formula is C20H18ClNO2S2. The van der Waals surface area contributed by atoms with Gasteiger partial charge >= 0.3 is 5.97 Å². The fourth-order valence-corrected chi connectivity index (χ4v) is 3.91. The zero-order valence-electron chi connectivity index (χ0n) is 14.5. The maximum Gasteiger partial charge on any atom is 0.316 e. The Kier molecular flexibility index (Phi) is 6.46. The van der Waals surface area contributed by atoms with Gasteiger partial charge in [0.1, 0.15) is 11.8 Å². The van der Waals surface area contributed by atoms with Crippen molar-refractivity contribution in [3.8, 4) is 0 Å². The van der Waals surface area contributed by atoms with Gasteiger partial charge in [0.15, 0.2) is 0 Å². The van der Waals surface area contributed by atoms with Crippen LogP contribution >= 0.6 is 35.1 Å². The van der Waals surface area contributed by atoms with Gasteiger partial charge < -0.3 is 4.74 Å². The quantitative estimate of drug-likeness (QED) is 0.297. The highest BCUT2D eigenvalue weighted by Crippen LogP contribution is 2.26. The van der Waals surface area contributed by atoms with Crippen LogP contribution in [-0.4, -0.2) is 23.0 Å². The molecule has 0 amide bonds. The summed E-state index contributed by atoms with van der Waals surface area (Å²) in [4.78, 5) is 18.7. The van der Waals surface area contributed by atoms with E-state index >= 15 is 0 Å². The molecule has 0 aliphatic carbocycles. The number of halogens is 1. The molecule has 1 aromatic heterocycles. The first-order valence-corrected chi connectivity index (χ1v) is 10.6. The third-order valence-corrected chi connectivity index (χ3v) is 6.08. The highest BCUT2D eigenvalue weighted by Gasteiger charge is 2.10. The van der Waals surface area contributed by atoms with Crippen molar-refractivity contribution in [1.29, 1.82) is 0 Å². The van der Waals surface area contributed by atoms with Crippen LogP contribution in [0, 0.1) is 6.92 Å². The third-order valence-electron chi connectivity index (χ3n) is 3.88. The first kappa shape index (κ1) is 19.1. The van der Waals surface area contributed by atoms with Crippen LogP contribution in [0.5, 0.6) is 0 Å². The molecule has 3 nitrogen and oxygen atoms in total. The van der Waals surface area contributed by atoms with Crippen LogP contribution in [0.3, 0.4) is 0 Å². The number of benzene rings is 2. The Labute approximate surface area is 166 Å². The Bertz CT molecular complexity index is 946. The second kappa shape index (κ2) is 8.80. The molecule has 0 saturated carbocycles. The van der Waals surface area contributed by atoms with Crippen molar-refractivity contribution in [2.45, 2.75) is 23.3 Å². The van der Waals surface area contributed by atoms with Crippen LogP contribution in [0.1, 0.15) is 11.1 Å². The van der Waals surface area contributed by atoms with E-state index < -0.39 is 0 Å². The van der Waals surface area contributed by atoms with E-state index in [-0.39, 0.29) is 18.3 Å². The van der Waals surface area contributed by atoms with E-state index in [0.717, 1.165) is 26.3 Å². The fraction of sp³-hybridized carbons (Fsp3) is 0.200. The molecule has 0 aliphatic rings. The molecule has 0 aliphatic heterocycles. The fourth-order valence-electron chi connectivity index (χ4n) is 2.45. The number of rotatable bonds is 6. The first-order chi connectivity index (χ1) is 12.6. The van der Waals surface area contributed by atoms with Crippen LogP contribution < -0.4 is 0 Å². The lowest BCUT2D eigenvalue weighted by Gasteiger charge is -2.09. The minimum atomic E-state index is -0.271. The Hall–Kier alpha value is -1.69. The second-order valence-corrected chi connectivity index (χ2v) is 7.97. The molecule has 26 heavy (non-hydrogen) atoms. The molecule has 3 aromatic rings. The zero-order chi connectivity index (χ0) is 18.5. The molecule has 2 aromatic carbocycles. The second-order valence-electron chi connectivity index (χ2n) is 5.71. The Morgan fingerprint density at radius 1 is 1.19 bits per heavy atom. The van der Waals surface area contributed by atoms with Crippen molar-refractivity contribution in [2.24, 2.45) is 0 Å². The summed E-state index contributed by atoms with van der Waals surface area (Å²) in [6, 6.07) is 15.9. The normalized spacial score (nSPS) is 10.9. The smallest absolute Gasteiger partial charge is 0.316 e. The van der Waals surface area contributed by atoms with Gasteiger partial charge in [0.25, 0.3) is 0 Å². The minimum Gasteiger partial charge on any atom is -0.460 e. The lowest BCUT2D eigenvalue weighted by Crippen LogP contribution is -2.08. The van der Waals surface area contributed by atoms with Crippen molar-refractivity contribution in [2.75, 3.05) is 12.0 Å². The van der Waals surface area contributed by atoms with E-state index in [0.29, 0.717) is 10.7 Å². The summed E-state index contributed by atoms with van der Waals surface area (Å²) in [6.45, 7) is 2.15. The number of carbonyl (C=O) groups is 1. The maximum absolute atomic E-state index is 12.1. The van der Waals surface area contributed by atoms with Gasteiger partial charge in [-0.25, -0.2) is 4.98 Å². The van der Waals surface area contributed by atoms with Crippen LogP contribution in [0.2, 0.25) is 5.15 Å². The molecular weight excluding hydrogens is 386 g/mol. The van der Waals surface area contributed by atoms with E-state index in [2.05, 4.69) is 4.98 Å². The Morgan fingerprint density at radius 3 is 2.77 bits per heavy atom. The zero-order valence-corrected chi connectivity index (χ0v) is 16.9. The van der Waals surface area contributed by atoms with Gasteiger partial charge in [0, 0.05) is 20.7 Å². The average Bonchev–Trinajstić information content (AvgIpc) is 2.65. The molecule has 0 unspecified atom stereocenters. The average molecular weight is 404 g/mol. The van der Waals surface area contributed by atoms with Gasteiger partial charge in [0.05, 0.1) is 11.3 Å². The van der Waals surface area contributed by atoms with Crippen molar-refractivity contribution >= 4 is 52.0 Å². The largest absolute Gasteiger partial charge is 0.460 e. The highest BCUT2D eigenvalue weighted by molar-refractivity contribution is 8.00. The van der Waals surface area contributed by atoms with Gasteiger partial charge in [-0.05, 0) is 43.0 Å². The molecule has 134 valence electrons. The van der Waals surface area contributed by atoms with Crippen LogP contribution in [0.15, 0.2) is 58.3 Å². The number of hydrogen-bond donors (Lipinski definition) is 0. The SMILES string of the molecule is CSc1ccc2cc(COC(=O)CSc3ccccc3C)c(Cl)nc2c1. The van der Waals surface area contributed by atoms with Gasteiger partial charge in [-0.2, -0.15) is 0 Å². The molecule has 6 heteroatoms. The first-order valence-electron chi connectivity index (χ1n) is 8.04. The van der Waals surface area contributed by atoms with Crippen LogP contribution in [0.4, 0.5) is 0 Å². The lowest BCUT2D eigenvalue weighted by molar-refractivity contribution is -0.141. The van der Waals surface area contributed by atoms with Crippen LogP contribution in [-0.2, 0) is 16.1 Å². The molecule has 0 spiro atoms. The van der Waals surface area contributed by atoms with Gasteiger partial charge in [-0.1, -0.05) is 35.9 Å².